The molecule has 0 aliphatic carbocycles. The summed E-state index contributed by atoms with van der Waals surface area (Å²) in [5, 5.41) is 8.68. The molecule has 1 heterocycles. The van der Waals surface area contributed by atoms with Gasteiger partial charge in [-0.1, -0.05) is 0 Å². The van der Waals surface area contributed by atoms with E-state index in [1.54, 1.807) is 0 Å². The molecule has 0 bridgehead atoms. The van der Waals surface area contributed by atoms with Crippen LogP contribution < -0.4 is 5.56 Å². The normalized spacial score (nSPS) is 10.8. The summed E-state index contributed by atoms with van der Waals surface area (Å²) < 4.78 is 24.5. The van der Waals surface area contributed by atoms with Crippen LogP contribution in [0.15, 0.2) is 15.3 Å². The van der Waals surface area contributed by atoms with Crippen LogP contribution in [0.2, 0.25) is 0 Å². The molecular formula is C7H6BrF2NO2. The van der Waals surface area contributed by atoms with Crippen molar-refractivity contribution in [2.45, 2.75) is 13.0 Å². The number of H-pyrrole nitrogens is 1. The molecule has 1 rings (SSSR count). The van der Waals surface area contributed by atoms with E-state index < -0.39 is 24.2 Å². The summed E-state index contributed by atoms with van der Waals surface area (Å²) in [5.74, 6) is 0. The molecular weight excluding hydrogens is 248 g/mol. The lowest BCUT2D eigenvalue weighted by molar-refractivity contribution is 0.149. The van der Waals surface area contributed by atoms with Crippen molar-refractivity contribution >= 4 is 15.9 Å². The summed E-state index contributed by atoms with van der Waals surface area (Å²) >= 11 is 2.95. The first-order chi connectivity index (χ1) is 6.06. The highest BCUT2D eigenvalue weighted by atomic mass is 79.9. The van der Waals surface area contributed by atoms with E-state index in [0.29, 0.717) is 0 Å². The van der Waals surface area contributed by atoms with Crippen molar-refractivity contribution in [3.63, 3.8) is 0 Å². The lowest BCUT2D eigenvalue weighted by Crippen LogP contribution is -2.15. The Morgan fingerprint density at radius 1 is 1.62 bits per heavy atom. The average molecular weight is 254 g/mol. The van der Waals surface area contributed by atoms with Crippen LogP contribution in [0.25, 0.3) is 0 Å². The number of nitrogens with one attached hydrogen (secondary N) is 1. The maximum absolute atomic E-state index is 12.1. The van der Waals surface area contributed by atoms with Crippen LogP contribution in [0.1, 0.15) is 17.7 Å². The van der Waals surface area contributed by atoms with E-state index in [1.165, 1.54) is 0 Å². The molecule has 2 N–H and O–H groups in total. The fourth-order valence-electron chi connectivity index (χ4n) is 0.835. The lowest BCUT2D eigenvalue weighted by atomic mass is 10.2. The predicted octanol–water partition coefficient (Wildman–Crippen LogP) is 1.57. The van der Waals surface area contributed by atoms with E-state index in [1.807, 2.05) is 0 Å². The summed E-state index contributed by atoms with van der Waals surface area (Å²) in [4.78, 5) is 13.1. The zero-order valence-electron chi connectivity index (χ0n) is 6.35. The van der Waals surface area contributed by atoms with Gasteiger partial charge in [-0.2, -0.15) is 0 Å². The zero-order chi connectivity index (χ0) is 10.0. The second-order valence-electron chi connectivity index (χ2n) is 2.34. The minimum absolute atomic E-state index is 0.189. The molecule has 0 atom stereocenters. The van der Waals surface area contributed by atoms with Crippen LogP contribution in [0.4, 0.5) is 8.78 Å². The SMILES string of the molecule is O=c1[nH]c(CO)c(Br)cc1C(F)F. The van der Waals surface area contributed by atoms with Crippen molar-refractivity contribution in [2.24, 2.45) is 0 Å². The Morgan fingerprint density at radius 2 is 2.23 bits per heavy atom. The summed E-state index contributed by atoms with van der Waals surface area (Å²) in [7, 11) is 0. The van der Waals surface area contributed by atoms with Gasteiger partial charge in [-0.15, -0.1) is 0 Å². The number of aliphatic hydroxyl groups is 1. The smallest absolute Gasteiger partial charge is 0.269 e. The minimum Gasteiger partial charge on any atom is -0.390 e. The fraction of sp³-hybridized carbons (Fsp3) is 0.286. The van der Waals surface area contributed by atoms with E-state index in [2.05, 4.69) is 20.9 Å². The number of aliphatic hydroxyl groups excluding tert-OH is 1. The third kappa shape index (κ3) is 2.13. The second kappa shape index (κ2) is 3.97. The highest BCUT2D eigenvalue weighted by Crippen LogP contribution is 2.20. The molecule has 1 aromatic heterocycles. The molecule has 0 aliphatic heterocycles. The molecule has 3 nitrogen and oxygen atoms in total. The van der Waals surface area contributed by atoms with E-state index in [0.717, 1.165) is 6.07 Å². The molecule has 6 heteroatoms. The Labute approximate surface area is 80.5 Å². The molecule has 0 amide bonds. The zero-order valence-corrected chi connectivity index (χ0v) is 7.94. The van der Waals surface area contributed by atoms with Crippen LogP contribution in [-0.4, -0.2) is 10.1 Å². The summed E-state index contributed by atoms with van der Waals surface area (Å²) in [5.41, 5.74) is -1.29. The Bertz CT molecular complexity index is 364. The number of pyridine rings is 1. The maximum atomic E-state index is 12.1. The number of rotatable bonds is 2. The third-order valence-electron chi connectivity index (χ3n) is 1.49. The number of hydrogen-bond acceptors (Lipinski definition) is 2. The second-order valence-corrected chi connectivity index (χ2v) is 3.19. The van der Waals surface area contributed by atoms with Crippen molar-refractivity contribution in [2.75, 3.05) is 0 Å². The average Bonchev–Trinajstić information content (AvgIpc) is 2.07. The van der Waals surface area contributed by atoms with Crippen molar-refractivity contribution in [3.05, 3.63) is 32.2 Å². The molecule has 0 spiro atoms. The Balaban J connectivity index is 3.29. The van der Waals surface area contributed by atoms with Crippen molar-refractivity contribution in [1.29, 1.82) is 0 Å². The van der Waals surface area contributed by atoms with Gasteiger partial charge < -0.3 is 10.1 Å². The van der Waals surface area contributed by atoms with Gasteiger partial charge in [0.15, 0.2) is 0 Å². The van der Waals surface area contributed by atoms with Gasteiger partial charge in [-0.3, -0.25) is 4.79 Å². The monoisotopic (exact) mass is 253 g/mol. The lowest BCUT2D eigenvalue weighted by Gasteiger charge is -2.03. The first-order valence-electron chi connectivity index (χ1n) is 3.37. The number of halogens is 3. The van der Waals surface area contributed by atoms with Crippen molar-refractivity contribution < 1.29 is 13.9 Å². The fourth-order valence-corrected chi connectivity index (χ4v) is 1.31. The highest BCUT2D eigenvalue weighted by molar-refractivity contribution is 9.10. The van der Waals surface area contributed by atoms with Crippen molar-refractivity contribution in [1.82, 2.24) is 4.98 Å². The molecule has 0 unspecified atom stereocenters. The van der Waals surface area contributed by atoms with E-state index in [4.69, 9.17) is 5.11 Å². The van der Waals surface area contributed by atoms with Gasteiger partial charge in [-0.25, -0.2) is 8.78 Å². The topological polar surface area (TPSA) is 53.1 Å². The van der Waals surface area contributed by atoms with Gasteiger partial charge in [-0.05, 0) is 22.0 Å². The van der Waals surface area contributed by atoms with E-state index in [9.17, 15) is 13.6 Å². The summed E-state index contributed by atoms with van der Waals surface area (Å²) in [6, 6.07) is 1.01. The highest BCUT2D eigenvalue weighted by Gasteiger charge is 2.14. The Kier molecular flexibility index (Phi) is 3.16. The van der Waals surface area contributed by atoms with Gasteiger partial charge in [0.2, 0.25) is 0 Å². The van der Waals surface area contributed by atoms with Crippen LogP contribution in [0.3, 0.4) is 0 Å². The summed E-state index contributed by atoms with van der Waals surface area (Å²) in [6.45, 7) is -0.403. The van der Waals surface area contributed by atoms with E-state index >= 15 is 0 Å². The molecule has 0 aromatic carbocycles. The van der Waals surface area contributed by atoms with Gasteiger partial charge in [0, 0.05) is 4.47 Å². The largest absolute Gasteiger partial charge is 0.390 e. The minimum atomic E-state index is -2.81. The molecule has 72 valence electrons. The number of aromatic nitrogens is 1. The molecule has 0 aliphatic rings. The Hall–Kier alpha value is -0.750. The van der Waals surface area contributed by atoms with Crippen LogP contribution in [0, 0.1) is 0 Å². The van der Waals surface area contributed by atoms with Crippen LogP contribution in [0.5, 0.6) is 0 Å². The molecule has 0 saturated heterocycles. The Morgan fingerprint density at radius 3 is 2.69 bits per heavy atom. The van der Waals surface area contributed by atoms with Crippen LogP contribution in [-0.2, 0) is 6.61 Å². The van der Waals surface area contributed by atoms with E-state index in [-0.39, 0.29) is 10.2 Å². The number of aromatic amines is 1. The number of hydrogen-bond donors (Lipinski definition) is 2. The molecule has 0 radical (unpaired) electrons. The van der Waals surface area contributed by atoms with Crippen LogP contribution >= 0.6 is 15.9 Å². The first kappa shape index (κ1) is 10.3. The third-order valence-corrected chi connectivity index (χ3v) is 2.20. The standard InChI is InChI=1S/C7H6BrF2NO2/c8-4-1-3(6(9)10)7(13)11-5(4)2-12/h1,6,12H,2H2,(H,11,13). The number of alkyl halides is 2. The first-order valence-corrected chi connectivity index (χ1v) is 4.16. The molecule has 0 saturated carbocycles. The summed E-state index contributed by atoms with van der Waals surface area (Å²) in [6.07, 6.45) is -2.81. The predicted molar refractivity (Wildman–Crippen MR) is 45.6 cm³/mol. The molecule has 1 aromatic rings. The van der Waals surface area contributed by atoms with Gasteiger partial charge in [0.05, 0.1) is 17.9 Å². The van der Waals surface area contributed by atoms with Gasteiger partial charge in [0.1, 0.15) is 0 Å². The molecule has 0 fully saturated rings. The van der Waals surface area contributed by atoms with Crippen molar-refractivity contribution in [3.8, 4) is 0 Å². The molecule has 13 heavy (non-hydrogen) atoms. The van der Waals surface area contributed by atoms with Gasteiger partial charge in [0.25, 0.3) is 12.0 Å². The van der Waals surface area contributed by atoms with Gasteiger partial charge >= 0.3 is 0 Å². The maximum Gasteiger partial charge on any atom is 0.269 e. The quantitative estimate of drug-likeness (QED) is 0.841.